The molecule has 1 fully saturated rings. The number of amides is 2. The van der Waals surface area contributed by atoms with Crippen molar-refractivity contribution in [3.8, 4) is 0 Å². The summed E-state index contributed by atoms with van der Waals surface area (Å²) in [5.74, 6) is 0.0903. The second-order valence-electron chi connectivity index (χ2n) is 9.68. The summed E-state index contributed by atoms with van der Waals surface area (Å²) in [5, 5.41) is 3.45. The Labute approximate surface area is 198 Å². The van der Waals surface area contributed by atoms with E-state index in [1.54, 1.807) is 4.90 Å². The van der Waals surface area contributed by atoms with E-state index in [1.807, 2.05) is 52.0 Å². The molecule has 9 nitrogen and oxygen atoms in total. The Balaban J connectivity index is 1.45. The van der Waals surface area contributed by atoms with E-state index < -0.39 is 11.5 Å². The van der Waals surface area contributed by atoms with E-state index in [0.29, 0.717) is 36.7 Å². The van der Waals surface area contributed by atoms with Gasteiger partial charge < -0.3 is 25.1 Å². The van der Waals surface area contributed by atoms with Gasteiger partial charge in [0.05, 0.1) is 11.3 Å². The van der Waals surface area contributed by atoms with Gasteiger partial charge in [-0.2, -0.15) is 0 Å². The number of likely N-dealkylation sites (tertiary alicyclic amines) is 1. The number of aromatic nitrogens is 2. The summed E-state index contributed by atoms with van der Waals surface area (Å²) in [6, 6.07) is 7.84. The number of pyridine rings is 1. The smallest absolute Gasteiger partial charge is 0.410 e. The van der Waals surface area contributed by atoms with Gasteiger partial charge in [-0.1, -0.05) is 6.07 Å². The van der Waals surface area contributed by atoms with Crippen LogP contribution in [0.4, 0.5) is 10.5 Å². The van der Waals surface area contributed by atoms with Crippen molar-refractivity contribution in [1.29, 1.82) is 0 Å². The van der Waals surface area contributed by atoms with Crippen LogP contribution < -0.4 is 11.1 Å². The zero-order valence-electron chi connectivity index (χ0n) is 20.1. The first-order chi connectivity index (χ1) is 16.1. The fraction of sp³-hybridized carbons (Fsp3) is 0.440. The summed E-state index contributed by atoms with van der Waals surface area (Å²) in [7, 11) is 0. The maximum absolute atomic E-state index is 12.3. The molecule has 9 heteroatoms. The number of primary amides is 1. The molecule has 3 N–H and O–H groups in total. The molecule has 0 saturated carbocycles. The number of nitrogens with two attached hydrogens (primary N) is 1. The SMILES string of the molecule is Cc1nc2cc(Cc3cc(NC4CCN(C(=O)OC(C)(C)C)CC4)c(C(N)=O)cn3)ccc2o1. The molecule has 180 valence electrons. The number of piperidine rings is 1. The van der Waals surface area contributed by atoms with Gasteiger partial charge in [-0.25, -0.2) is 9.78 Å². The molecule has 1 saturated heterocycles. The lowest BCUT2D eigenvalue weighted by atomic mass is 10.0. The molecule has 0 aliphatic carbocycles. The summed E-state index contributed by atoms with van der Waals surface area (Å²) >= 11 is 0. The maximum Gasteiger partial charge on any atom is 0.410 e. The number of carbonyl (C=O) groups is 2. The van der Waals surface area contributed by atoms with Crippen LogP contribution in [0.25, 0.3) is 11.1 Å². The number of ether oxygens (including phenoxy) is 1. The minimum atomic E-state index is -0.535. The quantitative estimate of drug-likeness (QED) is 0.583. The van der Waals surface area contributed by atoms with Crippen molar-refractivity contribution >= 4 is 28.8 Å². The standard InChI is InChI=1S/C25H31N5O4/c1-15-28-21-12-16(5-6-22(21)33-15)11-18-13-20(19(14-27-18)23(26)31)29-17-7-9-30(10-8-17)24(32)34-25(2,3)4/h5-6,12-14,17H,7-11H2,1-4H3,(H2,26,31)(H,27,29). The number of nitrogens with zero attached hydrogens (tertiary/aromatic N) is 3. The van der Waals surface area contributed by atoms with Gasteiger partial charge in [0.15, 0.2) is 11.5 Å². The highest BCUT2D eigenvalue weighted by Gasteiger charge is 2.27. The lowest BCUT2D eigenvalue weighted by molar-refractivity contribution is 0.0210. The summed E-state index contributed by atoms with van der Waals surface area (Å²) in [6.45, 7) is 8.55. The van der Waals surface area contributed by atoms with Crippen LogP contribution in [0.3, 0.4) is 0 Å². The Morgan fingerprint density at radius 1 is 1.24 bits per heavy atom. The molecule has 0 bridgehead atoms. The third kappa shape index (κ3) is 5.65. The van der Waals surface area contributed by atoms with Crippen LogP contribution in [0, 0.1) is 6.92 Å². The molecular weight excluding hydrogens is 434 g/mol. The minimum Gasteiger partial charge on any atom is -0.444 e. The summed E-state index contributed by atoms with van der Waals surface area (Å²) < 4.78 is 11.0. The predicted molar refractivity (Wildman–Crippen MR) is 129 cm³/mol. The van der Waals surface area contributed by atoms with Crippen LogP contribution in [-0.2, 0) is 11.2 Å². The number of benzene rings is 1. The average Bonchev–Trinajstić information content (AvgIpc) is 3.12. The highest BCUT2D eigenvalue weighted by Crippen LogP contribution is 2.24. The van der Waals surface area contributed by atoms with Crippen LogP contribution in [0.15, 0.2) is 34.9 Å². The van der Waals surface area contributed by atoms with Gasteiger partial charge in [0, 0.05) is 44.4 Å². The highest BCUT2D eigenvalue weighted by atomic mass is 16.6. The third-order valence-electron chi connectivity index (χ3n) is 5.68. The van der Waals surface area contributed by atoms with Gasteiger partial charge in [-0.05, 0) is 57.4 Å². The van der Waals surface area contributed by atoms with E-state index in [4.69, 9.17) is 14.9 Å². The van der Waals surface area contributed by atoms with E-state index in [0.717, 1.165) is 35.2 Å². The molecular formula is C25H31N5O4. The number of rotatable bonds is 5. The lowest BCUT2D eigenvalue weighted by Gasteiger charge is -2.34. The maximum atomic E-state index is 12.3. The Hall–Kier alpha value is -3.62. The number of hydrogen-bond donors (Lipinski definition) is 2. The molecule has 1 aliphatic heterocycles. The number of carbonyl (C=O) groups excluding carboxylic acids is 2. The van der Waals surface area contributed by atoms with Crippen molar-refractivity contribution < 1.29 is 18.7 Å². The second kappa shape index (κ2) is 9.32. The Morgan fingerprint density at radius 2 is 1.97 bits per heavy atom. The van der Waals surface area contributed by atoms with Gasteiger partial charge in [0.1, 0.15) is 11.1 Å². The van der Waals surface area contributed by atoms with Gasteiger partial charge >= 0.3 is 6.09 Å². The van der Waals surface area contributed by atoms with Crippen molar-refractivity contribution in [2.75, 3.05) is 18.4 Å². The van der Waals surface area contributed by atoms with Crippen molar-refractivity contribution in [3.63, 3.8) is 0 Å². The Bertz CT molecular complexity index is 1210. The molecule has 2 aromatic heterocycles. The third-order valence-corrected chi connectivity index (χ3v) is 5.68. The number of anilines is 1. The molecule has 34 heavy (non-hydrogen) atoms. The first-order valence-corrected chi connectivity index (χ1v) is 11.5. The van der Waals surface area contributed by atoms with Crippen molar-refractivity contribution in [1.82, 2.24) is 14.9 Å². The Morgan fingerprint density at radius 3 is 2.65 bits per heavy atom. The van der Waals surface area contributed by atoms with Crippen molar-refractivity contribution in [3.05, 3.63) is 53.2 Å². The summed E-state index contributed by atoms with van der Waals surface area (Å²) in [4.78, 5) is 34.9. The monoisotopic (exact) mass is 465 g/mol. The topological polar surface area (TPSA) is 124 Å². The zero-order valence-corrected chi connectivity index (χ0v) is 20.1. The fourth-order valence-electron chi connectivity index (χ4n) is 4.07. The molecule has 0 atom stereocenters. The molecule has 2 amide bonds. The molecule has 0 radical (unpaired) electrons. The number of aryl methyl sites for hydroxylation is 1. The van der Waals surface area contributed by atoms with Crippen molar-refractivity contribution in [2.45, 2.75) is 58.6 Å². The molecule has 0 unspecified atom stereocenters. The van der Waals surface area contributed by atoms with E-state index in [1.165, 1.54) is 6.20 Å². The highest BCUT2D eigenvalue weighted by molar-refractivity contribution is 5.98. The molecule has 4 rings (SSSR count). The van der Waals surface area contributed by atoms with Crippen LogP contribution in [-0.4, -0.2) is 51.6 Å². The first kappa shape index (κ1) is 23.5. The van der Waals surface area contributed by atoms with Crippen LogP contribution in [0.5, 0.6) is 0 Å². The number of fused-ring (bicyclic) bond motifs is 1. The van der Waals surface area contributed by atoms with Gasteiger partial charge in [-0.3, -0.25) is 9.78 Å². The van der Waals surface area contributed by atoms with Gasteiger partial charge in [0.25, 0.3) is 5.91 Å². The molecule has 1 aromatic carbocycles. The van der Waals surface area contributed by atoms with Crippen molar-refractivity contribution in [2.24, 2.45) is 5.73 Å². The van der Waals surface area contributed by atoms with E-state index in [2.05, 4.69) is 15.3 Å². The second-order valence-corrected chi connectivity index (χ2v) is 9.68. The number of hydrogen-bond acceptors (Lipinski definition) is 7. The molecule has 3 aromatic rings. The average molecular weight is 466 g/mol. The summed E-state index contributed by atoms with van der Waals surface area (Å²) in [5.41, 5.74) is 9.48. The van der Waals surface area contributed by atoms with E-state index >= 15 is 0 Å². The van der Waals surface area contributed by atoms with Gasteiger partial charge in [0.2, 0.25) is 0 Å². The Kier molecular flexibility index (Phi) is 6.45. The summed E-state index contributed by atoms with van der Waals surface area (Å²) in [6.07, 6.45) is 3.27. The normalized spacial score (nSPS) is 14.9. The number of oxazole rings is 1. The molecule has 1 aliphatic rings. The van der Waals surface area contributed by atoms with Crippen LogP contribution in [0.2, 0.25) is 0 Å². The zero-order chi connectivity index (χ0) is 24.5. The van der Waals surface area contributed by atoms with Crippen LogP contribution >= 0.6 is 0 Å². The van der Waals surface area contributed by atoms with Gasteiger partial charge in [-0.15, -0.1) is 0 Å². The minimum absolute atomic E-state index is 0.0986. The number of nitrogens with one attached hydrogen (secondary N) is 1. The lowest BCUT2D eigenvalue weighted by Crippen LogP contribution is -2.44. The van der Waals surface area contributed by atoms with E-state index in [-0.39, 0.29) is 12.1 Å². The van der Waals surface area contributed by atoms with E-state index in [9.17, 15) is 9.59 Å². The largest absolute Gasteiger partial charge is 0.444 e. The molecule has 0 spiro atoms. The predicted octanol–water partition coefficient (Wildman–Crippen LogP) is 4.03. The van der Waals surface area contributed by atoms with Crippen LogP contribution in [0.1, 0.15) is 61.1 Å². The molecule has 3 heterocycles. The first-order valence-electron chi connectivity index (χ1n) is 11.5. The fourth-order valence-corrected chi connectivity index (χ4v) is 4.07.